The van der Waals surface area contributed by atoms with Crippen molar-refractivity contribution in [2.45, 2.75) is 13.8 Å². The summed E-state index contributed by atoms with van der Waals surface area (Å²) < 4.78 is 0. The summed E-state index contributed by atoms with van der Waals surface area (Å²) in [5.74, 6) is 1.39. The van der Waals surface area contributed by atoms with Gasteiger partial charge in [-0.15, -0.1) is 5.10 Å². The van der Waals surface area contributed by atoms with Crippen molar-refractivity contribution in [2.24, 2.45) is 0 Å². The van der Waals surface area contributed by atoms with Crippen LogP contribution in [0.1, 0.15) is 11.1 Å². The molecule has 6 heteroatoms. The first-order valence-corrected chi connectivity index (χ1v) is 9.27. The summed E-state index contributed by atoms with van der Waals surface area (Å²) in [5.41, 5.74) is 4.80. The van der Waals surface area contributed by atoms with E-state index in [-0.39, 0.29) is 0 Å². The van der Waals surface area contributed by atoms with E-state index in [4.69, 9.17) is 0 Å². The zero-order chi connectivity index (χ0) is 18.6. The summed E-state index contributed by atoms with van der Waals surface area (Å²) in [6.07, 6.45) is 1.66. The van der Waals surface area contributed by atoms with Crippen molar-refractivity contribution in [3.63, 3.8) is 0 Å². The third-order valence-electron chi connectivity index (χ3n) is 4.80. The second kappa shape index (κ2) is 7.61. The van der Waals surface area contributed by atoms with Crippen LogP contribution in [0, 0.1) is 13.8 Å². The van der Waals surface area contributed by atoms with Crippen LogP contribution in [0.4, 0.5) is 23.1 Å². The van der Waals surface area contributed by atoms with Gasteiger partial charge in [0.25, 0.3) is 0 Å². The molecule has 6 nitrogen and oxygen atoms in total. The molecule has 0 unspecified atom stereocenters. The number of hydrogen-bond donors (Lipinski definition) is 1. The van der Waals surface area contributed by atoms with E-state index in [0.717, 1.165) is 31.9 Å². The Labute approximate surface area is 159 Å². The van der Waals surface area contributed by atoms with Gasteiger partial charge in [-0.3, -0.25) is 0 Å². The normalized spacial score (nSPS) is 14.3. The number of anilines is 4. The minimum Gasteiger partial charge on any atom is -0.368 e. The van der Waals surface area contributed by atoms with Crippen LogP contribution in [0.3, 0.4) is 0 Å². The second-order valence-electron chi connectivity index (χ2n) is 6.95. The number of nitrogens with one attached hydrogen (secondary N) is 1. The lowest BCUT2D eigenvalue weighted by Gasteiger charge is -2.36. The van der Waals surface area contributed by atoms with Crippen molar-refractivity contribution in [3.8, 4) is 0 Å². The van der Waals surface area contributed by atoms with Gasteiger partial charge in [-0.25, -0.2) is 0 Å². The lowest BCUT2D eigenvalue weighted by Crippen LogP contribution is -2.47. The molecule has 1 N–H and O–H groups in total. The number of hydrogen-bond acceptors (Lipinski definition) is 6. The summed E-state index contributed by atoms with van der Waals surface area (Å²) >= 11 is 0. The average molecular weight is 360 g/mol. The van der Waals surface area contributed by atoms with Crippen molar-refractivity contribution < 1.29 is 0 Å². The van der Waals surface area contributed by atoms with E-state index in [1.165, 1.54) is 16.8 Å². The molecule has 27 heavy (non-hydrogen) atoms. The molecule has 138 valence electrons. The monoisotopic (exact) mass is 360 g/mol. The molecule has 2 heterocycles. The van der Waals surface area contributed by atoms with E-state index in [2.05, 4.69) is 80.5 Å². The molecule has 0 radical (unpaired) electrons. The molecule has 4 rings (SSSR count). The van der Waals surface area contributed by atoms with Crippen molar-refractivity contribution in [1.29, 1.82) is 0 Å². The van der Waals surface area contributed by atoms with Gasteiger partial charge in [0.2, 0.25) is 5.95 Å². The maximum atomic E-state index is 4.65. The van der Waals surface area contributed by atoms with Gasteiger partial charge >= 0.3 is 0 Å². The van der Waals surface area contributed by atoms with Gasteiger partial charge < -0.3 is 15.1 Å². The third kappa shape index (κ3) is 4.16. The van der Waals surface area contributed by atoms with E-state index in [0.29, 0.717) is 11.8 Å². The molecule has 1 aromatic heterocycles. The topological polar surface area (TPSA) is 57.2 Å². The molecular weight excluding hydrogens is 336 g/mol. The van der Waals surface area contributed by atoms with Crippen LogP contribution in [0.5, 0.6) is 0 Å². The molecule has 2 aromatic carbocycles. The highest BCUT2D eigenvalue weighted by molar-refractivity contribution is 5.57. The highest BCUT2D eigenvalue weighted by Gasteiger charge is 2.20. The molecule has 0 amide bonds. The summed E-state index contributed by atoms with van der Waals surface area (Å²) in [6.45, 7) is 7.86. The van der Waals surface area contributed by atoms with E-state index in [1.54, 1.807) is 6.20 Å². The van der Waals surface area contributed by atoms with E-state index in [9.17, 15) is 0 Å². The van der Waals surface area contributed by atoms with Crippen molar-refractivity contribution >= 4 is 23.1 Å². The maximum absolute atomic E-state index is 4.65. The molecule has 1 saturated heterocycles. The lowest BCUT2D eigenvalue weighted by atomic mass is 10.2. The quantitative estimate of drug-likeness (QED) is 0.768. The molecule has 1 aliphatic heterocycles. The Morgan fingerprint density at radius 3 is 2.33 bits per heavy atom. The van der Waals surface area contributed by atoms with Crippen LogP contribution in [0.2, 0.25) is 0 Å². The highest BCUT2D eigenvalue weighted by atomic mass is 15.4. The predicted molar refractivity (Wildman–Crippen MR) is 110 cm³/mol. The first-order valence-electron chi connectivity index (χ1n) is 9.27. The molecule has 0 bridgehead atoms. The Bertz CT molecular complexity index is 901. The number of aryl methyl sites for hydroxylation is 2. The van der Waals surface area contributed by atoms with Crippen molar-refractivity contribution in [3.05, 3.63) is 65.9 Å². The maximum Gasteiger partial charge on any atom is 0.247 e. The van der Waals surface area contributed by atoms with Gasteiger partial charge in [0.1, 0.15) is 0 Å². The van der Waals surface area contributed by atoms with Crippen molar-refractivity contribution in [1.82, 2.24) is 15.2 Å². The minimum atomic E-state index is 0.677. The van der Waals surface area contributed by atoms with Crippen LogP contribution in [-0.4, -0.2) is 41.4 Å². The second-order valence-corrected chi connectivity index (χ2v) is 6.95. The summed E-state index contributed by atoms with van der Waals surface area (Å²) in [5, 5.41) is 11.7. The molecular formula is C21H24N6. The Hall–Kier alpha value is -3.15. The largest absolute Gasteiger partial charge is 0.368 e. The molecule has 1 aliphatic rings. The predicted octanol–water partition coefficient (Wildman–Crippen LogP) is 3.56. The Morgan fingerprint density at radius 1 is 0.852 bits per heavy atom. The Balaban J connectivity index is 1.42. The fourth-order valence-corrected chi connectivity index (χ4v) is 3.26. The first-order chi connectivity index (χ1) is 13.2. The minimum absolute atomic E-state index is 0.677. The van der Waals surface area contributed by atoms with Crippen molar-refractivity contribution in [2.75, 3.05) is 41.3 Å². The number of nitrogens with zero attached hydrogens (tertiary/aromatic N) is 5. The van der Waals surface area contributed by atoms with E-state index >= 15 is 0 Å². The summed E-state index contributed by atoms with van der Waals surface area (Å²) in [7, 11) is 0. The first kappa shape index (κ1) is 17.3. The zero-order valence-electron chi connectivity index (χ0n) is 15.8. The van der Waals surface area contributed by atoms with Gasteiger partial charge in [0.15, 0.2) is 5.82 Å². The SMILES string of the molecule is Cc1ccc(Nc2cnnc(N3CCN(c4cccc(C)c4)CC3)n2)cc1. The Morgan fingerprint density at radius 2 is 1.59 bits per heavy atom. The summed E-state index contributed by atoms with van der Waals surface area (Å²) in [6, 6.07) is 16.9. The molecule has 0 spiro atoms. The molecule has 0 aliphatic carbocycles. The number of benzene rings is 2. The van der Waals surface area contributed by atoms with Gasteiger partial charge in [0.05, 0.1) is 6.20 Å². The fraction of sp³-hybridized carbons (Fsp3) is 0.286. The van der Waals surface area contributed by atoms with Crippen LogP contribution >= 0.6 is 0 Å². The van der Waals surface area contributed by atoms with Crippen LogP contribution < -0.4 is 15.1 Å². The summed E-state index contributed by atoms with van der Waals surface area (Å²) in [4.78, 5) is 9.25. The standard InChI is InChI=1S/C21H24N6/c1-16-6-8-18(9-7-16)23-20-15-22-25-21(24-20)27-12-10-26(11-13-27)19-5-3-4-17(2)14-19/h3-9,14-15H,10-13H2,1-2H3,(H,23,24,25). The molecule has 0 saturated carbocycles. The van der Waals surface area contributed by atoms with E-state index < -0.39 is 0 Å². The van der Waals surface area contributed by atoms with E-state index in [1.807, 2.05) is 12.1 Å². The van der Waals surface area contributed by atoms with Gasteiger partial charge in [0, 0.05) is 37.6 Å². The highest BCUT2D eigenvalue weighted by Crippen LogP contribution is 2.20. The molecule has 3 aromatic rings. The van der Waals surface area contributed by atoms with Crippen LogP contribution in [0.15, 0.2) is 54.7 Å². The number of aromatic nitrogens is 3. The molecule has 0 atom stereocenters. The third-order valence-corrected chi connectivity index (χ3v) is 4.80. The van der Waals surface area contributed by atoms with Crippen LogP contribution in [-0.2, 0) is 0 Å². The Kier molecular flexibility index (Phi) is 4.87. The number of rotatable bonds is 4. The van der Waals surface area contributed by atoms with Gasteiger partial charge in [-0.05, 0) is 43.7 Å². The fourth-order valence-electron chi connectivity index (χ4n) is 3.26. The van der Waals surface area contributed by atoms with Gasteiger partial charge in [-0.2, -0.15) is 10.1 Å². The number of piperazine rings is 1. The lowest BCUT2D eigenvalue weighted by molar-refractivity contribution is 0.635. The smallest absolute Gasteiger partial charge is 0.247 e. The van der Waals surface area contributed by atoms with Crippen LogP contribution in [0.25, 0.3) is 0 Å². The molecule has 1 fully saturated rings. The van der Waals surface area contributed by atoms with Gasteiger partial charge in [-0.1, -0.05) is 29.8 Å². The zero-order valence-corrected chi connectivity index (χ0v) is 15.8. The average Bonchev–Trinajstić information content (AvgIpc) is 2.70.